The first-order chi connectivity index (χ1) is 17.8. The zero-order valence-corrected chi connectivity index (χ0v) is 19.4. The maximum atomic E-state index is 4.84. The highest BCUT2D eigenvalue weighted by Crippen LogP contribution is 2.28. The van der Waals surface area contributed by atoms with E-state index in [1.807, 2.05) is 109 Å². The van der Waals surface area contributed by atoms with Crippen LogP contribution in [0, 0.1) is 0 Å². The Kier molecular flexibility index (Phi) is 5.78. The van der Waals surface area contributed by atoms with Crippen molar-refractivity contribution in [3.05, 3.63) is 128 Å². The molecule has 5 nitrogen and oxygen atoms in total. The summed E-state index contributed by atoms with van der Waals surface area (Å²) in [6.07, 6.45) is 5.49. The Bertz CT molecular complexity index is 1540. The van der Waals surface area contributed by atoms with Crippen LogP contribution in [0.4, 0.5) is 0 Å². The fourth-order valence-corrected chi connectivity index (χ4v) is 4.02. The zero-order chi connectivity index (χ0) is 24.2. The third-order valence-corrected chi connectivity index (χ3v) is 5.87. The molecule has 0 atom stereocenters. The molecule has 0 aliphatic rings. The van der Waals surface area contributed by atoms with E-state index < -0.39 is 0 Å². The van der Waals surface area contributed by atoms with Crippen LogP contribution in [0.25, 0.3) is 56.5 Å². The van der Waals surface area contributed by atoms with Crippen LogP contribution in [-0.4, -0.2) is 24.9 Å². The van der Waals surface area contributed by atoms with Crippen LogP contribution >= 0.6 is 0 Å². The van der Waals surface area contributed by atoms with Crippen molar-refractivity contribution in [2.24, 2.45) is 0 Å². The van der Waals surface area contributed by atoms with E-state index in [2.05, 4.69) is 17.1 Å². The third kappa shape index (κ3) is 4.50. The highest BCUT2D eigenvalue weighted by molar-refractivity contribution is 5.72. The van der Waals surface area contributed by atoms with Gasteiger partial charge in [0.05, 0.1) is 5.69 Å². The molecule has 0 N–H and O–H groups in total. The first-order valence-electron chi connectivity index (χ1n) is 11.7. The first-order valence-corrected chi connectivity index (χ1v) is 11.7. The lowest BCUT2D eigenvalue weighted by atomic mass is 10.0. The van der Waals surface area contributed by atoms with Gasteiger partial charge in [0.1, 0.15) is 0 Å². The molecule has 0 amide bonds. The maximum absolute atomic E-state index is 4.84. The van der Waals surface area contributed by atoms with E-state index in [0.717, 1.165) is 39.1 Å². The topological polar surface area (TPSA) is 64.5 Å². The van der Waals surface area contributed by atoms with Gasteiger partial charge in [-0.25, -0.2) is 15.0 Å². The molecule has 0 spiro atoms. The monoisotopic (exact) mass is 463 g/mol. The van der Waals surface area contributed by atoms with Crippen LogP contribution in [0.5, 0.6) is 0 Å². The minimum Gasteiger partial charge on any atom is -0.264 e. The second kappa shape index (κ2) is 9.68. The number of aromatic nitrogens is 5. The van der Waals surface area contributed by atoms with Crippen molar-refractivity contribution in [3.63, 3.8) is 0 Å². The Morgan fingerprint density at radius 3 is 1.53 bits per heavy atom. The molecule has 36 heavy (non-hydrogen) atoms. The highest BCUT2D eigenvalue weighted by atomic mass is 15.0. The molecular formula is C31H21N5. The summed E-state index contributed by atoms with van der Waals surface area (Å²) in [4.78, 5) is 23.4. The van der Waals surface area contributed by atoms with E-state index in [1.165, 1.54) is 0 Å². The smallest absolute Gasteiger partial charge is 0.164 e. The van der Waals surface area contributed by atoms with Crippen molar-refractivity contribution < 1.29 is 0 Å². The van der Waals surface area contributed by atoms with Gasteiger partial charge < -0.3 is 0 Å². The molecule has 5 heteroatoms. The van der Waals surface area contributed by atoms with E-state index in [0.29, 0.717) is 17.5 Å². The van der Waals surface area contributed by atoms with Gasteiger partial charge >= 0.3 is 0 Å². The molecule has 0 aliphatic carbocycles. The molecule has 6 aromatic rings. The first kappa shape index (κ1) is 21.5. The predicted octanol–water partition coefficient (Wildman–Crippen LogP) is 7.00. The van der Waals surface area contributed by atoms with Gasteiger partial charge in [-0.2, -0.15) is 0 Å². The lowest BCUT2D eigenvalue weighted by molar-refractivity contribution is 1.07. The summed E-state index contributed by atoms with van der Waals surface area (Å²) in [6, 6.07) is 36.2. The Morgan fingerprint density at radius 1 is 0.389 bits per heavy atom. The molecule has 0 bridgehead atoms. The second-order valence-electron chi connectivity index (χ2n) is 8.29. The summed E-state index contributed by atoms with van der Waals surface area (Å²) in [5, 5.41) is 0. The fourth-order valence-electron chi connectivity index (χ4n) is 4.02. The fraction of sp³-hybridized carbons (Fsp3) is 0. The highest BCUT2D eigenvalue weighted by Gasteiger charge is 2.13. The second-order valence-corrected chi connectivity index (χ2v) is 8.29. The van der Waals surface area contributed by atoms with Crippen LogP contribution in [0.3, 0.4) is 0 Å². The quantitative estimate of drug-likeness (QED) is 0.275. The van der Waals surface area contributed by atoms with Crippen molar-refractivity contribution in [3.8, 4) is 56.5 Å². The van der Waals surface area contributed by atoms with Gasteiger partial charge in [0.25, 0.3) is 0 Å². The van der Waals surface area contributed by atoms with Crippen LogP contribution in [0.2, 0.25) is 0 Å². The number of hydrogen-bond donors (Lipinski definition) is 0. The van der Waals surface area contributed by atoms with E-state index in [-0.39, 0.29) is 0 Å². The van der Waals surface area contributed by atoms with Gasteiger partial charge in [-0.3, -0.25) is 9.97 Å². The molecule has 0 aliphatic heterocycles. The Morgan fingerprint density at radius 2 is 0.944 bits per heavy atom. The number of nitrogens with zero attached hydrogens (tertiary/aromatic N) is 5. The largest absolute Gasteiger partial charge is 0.264 e. The number of hydrogen-bond acceptors (Lipinski definition) is 5. The molecule has 0 radical (unpaired) electrons. The van der Waals surface area contributed by atoms with Crippen molar-refractivity contribution in [1.29, 1.82) is 0 Å². The zero-order valence-electron chi connectivity index (χ0n) is 19.4. The molecule has 0 unspecified atom stereocenters. The molecule has 3 heterocycles. The lowest BCUT2D eigenvalue weighted by Crippen LogP contribution is -2.00. The van der Waals surface area contributed by atoms with Crippen molar-refractivity contribution >= 4 is 0 Å². The molecule has 0 fully saturated rings. The molecule has 170 valence electrons. The van der Waals surface area contributed by atoms with Gasteiger partial charge in [0.15, 0.2) is 17.5 Å². The van der Waals surface area contributed by atoms with Gasteiger partial charge in [-0.15, -0.1) is 0 Å². The predicted molar refractivity (Wildman–Crippen MR) is 143 cm³/mol. The lowest BCUT2D eigenvalue weighted by Gasteiger charge is -2.09. The van der Waals surface area contributed by atoms with Crippen molar-refractivity contribution in [2.75, 3.05) is 0 Å². The number of pyridine rings is 2. The summed E-state index contributed by atoms with van der Waals surface area (Å²) in [5.41, 5.74) is 6.74. The molecular weight excluding hydrogens is 442 g/mol. The number of rotatable bonds is 5. The third-order valence-electron chi connectivity index (χ3n) is 5.87. The van der Waals surface area contributed by atoms with E-state index in [4.69, 9.17) is 19.9 Å². The molecule has 3 aromatic heterocycles. The average Bonchev–Trinajstić information content (AvgIpc) is 2.98. The summed E-state index contributed by atoms with van der Waals surface area (Å²) in [7, 11) is 0. The molecule has 0 saturated carbocycles. The van der Waals surface area contributed by atoms with Gasteiger partial charge in [-0.1, -0.05) is 91.0 Å². The van der Waals surface area contributed by atoms with Gasteiger partial charge in [-0.05, 0) is 18.2 Å². The normalized spacial score (nSPS) is 10.8. The van der Waals surface area contributed by atoms with Gasteiger partial charge in [0, 0.05) is 52.0 Å². The minimum absolute atomic E-state index is 0.622. The molecule has 3 aromatic carbocycles. The van der Waals surface area contributed by atoms with Crippen LogP contribution < -0.4 is 0 Å². The number of benzene rings is 3. The average molecular weight is 464 g/mol. The summed E-state index contributed by atoms with van der Waals surface area (Å²) in [5.74, 6) is 1.91. The Balaban J connectivity index is 1.41. The van der Waals surface area contributed by atoms with Gasteiger partial charge in [0.2, 0.25) is 0 Å². The van der Waals surface area contributed by atoms with Crippen LogP contribution in [0.1, 0.15) is 0 Å². The molecule has 0 saturated heterocycles. The summed E-state index contributed by atoms with van der Waals surface area (Å²) >= 11 is 0. The standard InChI is InChI=1S/C31H21N5/c1-3-9-22(10-4-1)29-34-30(23-11-5-2-6-12-23)36-31(35-29)25-14-7-13-24(19-25)28-17-16-27(21-33-28)26-15-8-18-32-20-26/h1-21H. The van der Waals surface area contributed by atoms with Crippen LogP contribution in [0.15, 0.2) is 128 Å². The van der Waals surface area contributed by atoms with Crippen LogP contribution in [-0.2, 0) is 0 Å². The van der Waals surface area contributed by atoms with Crippen molar-refractivity contribution in [1.82, 2.24) is 24.9 Å². The summed E-state index contributed by atoms with van der Waals surface area (Å²) < 4.78 is 0. The maximum Gasteiger partial charge on any atom is 0.164 e. The summed E-state index contributed by atoms with van der Waals surface area (Å²) in [6.45, 7) is 0. The van der Waals surface area contributed by atoms with E-state index in [9.17, 15) is 0 Å². The van der Waals surface area contributed by atoms with E-state index >= 15 is 0 Å². The Labute approximate surface area is 209 Å². The van der Waals surface area contributed by atoms with Crippen molar-refractivity contribution in [2.45, 2.75) is 0 Å². The SMILES string of the molecule is c1ccc(-c2nc(-c3ccccc3)nc(-c3cccc(-c4ccc(-c5cccnc5)cn4)c3)n2)cc1. The molecule has 6 rings (SSSR count). The minimum atomic E-state index is 0.622. The van der Waals surface area contributed by atoms with E-state index in [1.54, 1.807) is 6.20 Å². The Hall–Kier alpha value is -5.03.